The lowest BCUT2D eigenvalue weighted by molar-refractivity contribution is -0.121. The number of carbonyl (C=O) groups excluding carboxylic acids is 1. The van der Waals surface area contributed by atoms with Crippen LogP contribution in [0.15, 0.2) is 48.7 Å². The smallest absolute Gasteiger partial charge is 0.222 e. The van der Waals surface area contributed by atoms with E-state index in [0.717, 1.165) is 22.0 Å². The first-order valence-corrected chi connectivity index (χ1v) is 7.56. The van der Waals surface area contributed by atoms with Crippen LogP contribution < -0.4 is 5.32 Å². The van der Waals surface area contributed by atoms with Crippen molar-refractivity contribution in [2.24, 2.45) is 0 Å². The molecule has 5 heteroatoms. The third kappa shape index (κ3) is 3.56. The summed E-state index contributed by atoms with van der Waals surface area (Å²) in [5, 5.41) is 8.22. The normalized spacial score (nSPS) is 10.9. The molecule has 1 amide bonds. The third-order valence-corrected chi connectivity index (χ3v) is 3.79. The number of hydrogen-bond acceptors (Lipinski definition) is 2. The average Bonchev–Trinajstić information content (AvgIpc) is 2.96. The largest absolute Gasteiger partial charge is 0.352 e. The van der Waals surface area contributed by atoms with Gasteiger partial charge in [0, 0.05) is 18.4 Å². The maximum absolute atomic E-state index is 13.1. The minimum absolute atomic E-state index is 0.0773. The predicted molar refractivity (Wildman–Crippen MR) is 87.3 cm³/mol. The lowest BCUT2D eigenvalue weighted by atomic mass is 10.2. The molecule has 1 N–H and O–H groups in total. The van der Waals surface area contributed by atoms with Crippen LogP contribution in [0.5, 0.6) is 0 Å². The highest BCUT2D eigenvalue weighted by molar-refractivity contribution is 5.82. The average molecular weight is 311 g/mol. The van der Waals surface area contributed by atoms with Gasteiger partial charge in [-0.3, -0.25) is 9.48 Å². The van der Waals surface area contributed by atoms with Crippen molar-refractivity contribution in [3.8, 4) is 0 Å². The summed E-state index contributed by atoms with van der Waals surface area (Å²) in [5.74, 6) is -0.373. The minimum atomic E-state index is -0.296. The molecule has 2 aromatic carbocycles. The van der Waals surface area contributed by atoms with E-state index in [1.807, 2.05) is 36.0 Å². The van der Waals surface area contributed by atoms with Crippen molar-refractivity contribution in [3.05, 3.63) is 65.6 Å². The first kappa shape index (κ1) is 15.2. The summed E-state index contributed by atoms with van der Waals surface area (Å²) >= 11 is 0. The molecule has 0 aliphatic heterocycles. The fraction of sp³-hybridized carbons (Fsp3) is 0.222. The minimum Gasteiger partial charge on any atom is -0.352 e. The van der Waals surface area contributed by atoms with Crippen LogP contribution >= 0.6 is 0 Å². The Hall–Kier alpha value is -2.69. The number of aromatic nitrogens is 2. The van der Waals surface area contributed by atoms with Crippen molar-refractivity contribution < 1.29 is 9.18 Å². The monoisotopic (exact) mass is 311 g/mol. The number of aryl methyl sites for hydroxylation is 2. The van der Waals surface area contributed by atoms with E-state index >= 15 is 0 Å². The van der Waals surface area contributed by atoms with E-state index in [2.05, 4.69) is 10.4 Å². The van der Waals surface area contributed by atoms with Gasteiger partial charge < -0.3 is 5.32 Å². The molecule has 1 heterocycles. The zero-order valence-electron chi connectivity index (χ0n) is 12.9. The van der Waals surface area contributed by atoms with E-state index in [4.69, 9.17) is 0 Å². The highest BCUT2D eigenvalue weighted by Gasteiger charge is 2.07. The first-order valence-electron chi connectivity index (χ1n) is 7.56. The summed E-state index contributed by atoms with van der Waals surface area (Å²) in [6.45, 7) is 2.88. The summed E-state index contributed by atoms with van der Waals surface area (Å²) < 4.78 is 14.9. The van der Waals surface area contributed by atoms with Crippen LogP contribution in [-0.2, 0) is 17.9 Å². The number of nitrogens with one attached hydrogen (secondary N) is 1. The van der Waals surface area contributed by atoms with E-state index in [1.54, 1.807) is 12.1 Å². The van der Waals surface area contributed by atoms with Crippen LogP contribution in [0.4, 0.5) is 4.39 Å². The zero-order valence-corrected chi connectivity index (χ0v) is 12.9. The fourth-order valence-electron chi connectivity index (χ4n) is 2.64. The van der Waals surface area contributed by atoms with Gasteiger partial charge in [0.1, 0.15) is 5.82 Å². The second-order valence-electron chi connectivity index (χ2n) is 5.54. The Labute approximate surface area is 133 Å². The second-order valence-corrected chi connectivity index (χ2v) is 5.54. The number of halogens is 1. The van der Waals surface area contributed by atoms with Crippen molar-refractivity contribution in [1.82, 2.24) is 15.1 Å². The molecule has 0 saturated carbocycles. The number of rotatable bonds is 5. The molecule has 23 heavy (non-hydrogen) atoms. The molecule has 0 radical (unpaired) electrons. The number of amides is 1. The molecular weight excluding hydrogens is 293 g/mol. The SMILES string of the molecule is Cc1cccc2cnn(CCC(=O)NCc3cccc(F)c3)c12. The number of carbonyl (C=O) groups is 1. The third-order valence-electron chi connectivity index (χ3n) is 3.79. The molecule has 3 rings (SSSR count). The molecule has 118 valence electrons. The molecule has 0 bridgehead atoms. The molecule has 0 spiro atoms. The van der Waals surface area contributed by atoms with Gasteiger partial charge in [-0.05, 0) is 30.2 Å². The summed E-state index contributed by atoms with van der Waals surface area (Å²) in [5.41, 5.74) is 2.95. The van der Waals surface area contributed by atoms with Gasteiger partial charge in [0.15, 0.2) is 0 Å². The van der Waals surface area contributed by atoms with Gasteiger partial charge in [-0.15, -0.1) is 0 Å². The van der Waals surface area contributed by atoms with Crippen LogP contribution in [0.3, 0.4) is 0 Å². The standard InChI is InChI=1S/C18H18FN3O/c1-13-4-2-6-15-12-21-22(18(13)15)9-8-17(23)20-11-14-5-3-7-16(19)10-14/h2-7,10,12H,8-9,11H2,1H3,(H,20,23). The summed E-state index contributed by atoms with van der Waals surface area (Å²) in [6, 6.07) is 12.3. The molecule has 0 unspecified atom stereocenters. The number of nitrogens with zero attached hydrogens (tertiary/aromatic N) is 2. The molecule has 0 saturated heterocycles. The van der Waals surface area contributed by atoms with Gasteiger partial charge in [-0.1, -0.05) is 30.3 Å². The number of benzene rings is 2. The Morgan fingerprint density at radius 3 is 2.91 bits per heavy atom. The quantitative estimate of drug-likeness (QED) is 0.786. The van der Waals surface area contributed by atoms with E-state index in [-0.39, 0.29) is 11.7 Å². The lowest BCUT2D eigenvalue weighted by Crippen LogP contribution is -2.24. The predicted octanol–water partition coefficient (Wildman–Crippen LogP) is 3.19. The molecular formula is C18H18FN3O. The lowest BCUT2D eigenvalue weighted by Gasteiger charge is -2.07. The van der Waals surface area contributed by atoms with E-state index < -0.39 is 0 Å². The Bertz CT molecular complexity index is 841. The molecule has 4 nitrogen and oxygen atoms in total. The van der Waals surface area contributed by atoms with Crippen molar-refractivity contribution >= 4 is 16.8 Å². The van der Waals surface area contributed by atoms with Crippen LogP contribution in [0.2, 0.25) is 0 Å². The zero-order chi connectivity index (χ0) is 16.2. The Morgan fingerprint density at radius 2 is 2.09 bits per heavy atom. The van der Waals surface area contributed by atoms with Crippen molar-refractivity contribution in [3.63, 3.8) is 0 Å². The first-order chi connectivity index (χ1) is 11.1. The Balaban J connectivity index is 1.58. The molecule has 0 aliphatic carbocycles. The maximum Gasteiger partial charge on any atom is 0.222 e. The molecule has 1 aromatic heterocycles. The van der Waals surface area contributed by atoms with E-state index in [0.29, 0.717) is 19.5 Å². The molecule has 0 atom stereocenters. The van der Waals surface area contributed by atoms with Crippen LogP contribution in [0.1, 0.15) is 17.5 Å². The van der Waals surface area contributed by atoms with Gasteiger partial charge in [-0.2, -0.15) is 5.10 Å². The van der Waals surface area contributed by atoms with Gasteiger partial charge in [0.25, 0.3) is 0 Å². The molecule has 0 fully saturated rings. The number of para-hydroxylation sites is 1. The van der Waals surface area contributed by atoms with E-state index in [9.17, 15) is 9.18 Å². The highest BCUT2D eigenvalue weighted by Crippen LogP contribution is 2.17. The van der Waals surface area contributed by atoms with Gasteiger partial charge >= 0.3 is 0 Å². The Kier molecular flexibility index (Phi) is 4.37. The maximum atomic E-state index is 13.1. The van der Waals surface area contributed by atoms with E-state index in [1.165, 1.54) is 12.1 Å². The van der Waals surface area contributed by atoms with Crippen molar-refractivity contribution in [2.45, 2.75) is 26.4 Å². The number of fused-ring (bicyclic) bond motifs is 1. The molecule has 0 aliphatic rings. The fourth-order valence-corrected chi connectivity index (χ4v) is 2.64. The topological polar surface area (TPSA) is 46.9 Å². The van der Waals surface area contributed by atoms with Gasteiger partial charge in [0.2, 0.25) is 5.91 Å². The highest BCUT2D eigenvalue weighted by atomic mass is 19.1. The van der Waals surface area contributed by atoms with Gasteiger partial charge in [0.05, 0.1) is 18.3 Å². The van der Waals surface area contributed by atoms with Crippen molar-refractivity contribution in [2.75, 3.05) is 0 Å². The van der Waals surface area contributed by atoms with Gasteiger partial charge in [-0.25, -0.2) is 4.39 Å². The Morgan fingerprint density at radius 1 is 1.26 bits per heavy atom. The summed E-state index contributed by atoms with van der Waals surface area (Å²) in [6.07, 6.45) is 2.15. The summed E-state index contributed by atoms with van der Waals surface area (Å²) in [4.78, 5) is 12.0. The second kappa shape index (κ2) is 6.60. The number of hydrogen-bond donors (Lipinski definition) is 1. The van der Waals surface area contributed by atoms with Crippen LogP contribution in [-0.4, -0.2) is 15.7 Å². The van der Waals surface area contributed by atoms with Crippen LogP contribution in [0, 0.1) is 12.7 Å². The van der Waals surface area contributed by atoms with Crippen LogP contribution in [0.25, 0.3) is 10.9 Å². The summed E-state index contributed by atoms with van der Waals surface area (Å²) in [7, 11) is 0. The van der Waals surface area contributed by atoms with Crippen molar-refractivity contribution in [1.29, 1.82) is 0 Å². The molecule has 3 aromatic rings.